The van der Waals surface area contributed by atoms with E-state index in [1.165, 1.54) is 10.9 Å². The molecule has 1 fully saturated rings. The summed E-state index contributed by atoms with van der Waals surface area (Å²) in [4.78, 5) is 37.4. The second kappa shape index (κ2) is 10.2. The Bertz CT molecular complexity index is 1590. The highest BCUT2D eigenvalue weighted by Crippen LogP contribution is 2.38. The van der Waals surface area contributed by atoms with Crippen molar-refractivity contribution in [1.29, 1.82) is 0 Å². The lowest BCUT2D eigenvalue weighted by molar-refractivity contribution is -0.745. The van der Waals surface area contributed by atoms with E-state index >= 15 is 0 Å². The number of halogens is 1. The number of aliphatic hydroxyl groups is 2. The van der Waals surface area contributed by atoms with Crippen molar-refractivity contribution >= 4 is 36.5 Å². The number of hydrogen-bond donors (Lipinski definition) is 6. The van der Waals surface area contributed by atoms with Gasteiger partial charge in [-0.15, -0.1) is 0 Å². The van der Waals surface area contributed by atoms with Crippen LogP contribution in [0.25, 0.3) is 22.3 Å². The maximum atomic E-state index is 12.9. The highest BCUT2D eigenvalue weighted by molar-refractivity contribution is 7.46. The van der Waals surface area contributed by atoms with Crippen molar-refractivity contribution in [2.45, 2.75) is 31.1 Å². The van der Waals surface area contributed by atoms with Gasteiger partial charge in [-0.05, 0) is 17.2 Å². The number of benzene rings is 2. The van der Waals surface area contributed by atoms with E-state index in [1.54, 1.807) is 10.6 Å². The molecule has 13 nitrogen and oxygen atoms in total. The van der Waals surface area contributed by atoms with Gasteiger partial charge in [0.05, 0.1) is 13.2 Å². The van der Waals surface area contributed by atoms with E-state index in [-0.39, 0.29) is 23.7 Å². The molecule has 1 saturated heterocycles. The maximum Gasteiger partial charge on any atom is 0.469 e. The fourth-order valence-electron chi connectivity index (χ4n) is 4.45. The van der Waals surface area contributed by atoms with Gasteiger partial charge in [0.25, 0.3) is 11.5 Å². The summed E-state index contributed by atoms with van der Waals surface area (Å²) in [6.45, 7) is -0.496. The van der Waals surface area contributed by atoms with Gasteiger partial charge in [-0.25, -0.2) is 9.13 Å². The number of ether oxygens (including phenoxy) is 1. The van der Waals surface area contributed by atoms with Crippen molar-refractivity contribution in [3.63, 3.8) is 0 Å². The zero-order valence-corrected chi connectivity index (χ0v) is 21.2. The Labute approximate surface area is 219 Å². The number of nitrogens with zero attached hydrogens (tertiary/aromatic N) is 3. The van der Waals surface area contributed by atoms with Crippen LogP contribution in [-0.2, 0) is 20.4 Å². The number of rotatable bonds is 7. The molecule has 200 valence electrons. The number of aromatic amines is 1. The van der Waals surface area contributed by atoms with Crippen molar-refractivity contribution in [3.8, 4) is 11.1 Å². The third kappa shape index (κ3) is 5.23. The third-order valence-electron chi connectivity index (χ3n) is 6.18. The zero-order valence-electron chi connectivity index (χ0n) is 19.6. The summed E-state index contributed by atoms with van der Waals surface area (Å²) in [5, 5.41) is 21.6. The summed E-state index contributed by atoms with van der Waals surface area (Å²) >= 11 is 6.56. The molecule has 0 bridgehead atoms. The Balaban J connectivity index is 1.50. The molecule has 0 saturated carbocycles. The lowest BCUT2D eigenvalue weighted by Gasteiger charge is -2.14. The van der Waals surface area contributed by atoms with Crippen LogP contribution in [0, 0.1) is 0 Å². The summed E-state index contributed by atoms with van der Waals surface area (Å²) in [5.41, 5.74) is 7.95. The standard InChI is InChI=1S/C23H23ClN5O8P/c24-15-8-12(6-7-14(15)13-4-2-1-3-5-13)9-28-11-29(20-17(28)21(32)27-23(25)26-20)22-19(31)18(30)16(37-22)10-36-38(33,34)35/h1-8,11,16,18-19,22,30-31H,9-10H2,(H4-,25,26,27,32,33,34,35)/p+1/t16-,18-,19-,22-/m0/s1. The number of imidazole rings is 1. The summed E-state index contributed by atoms with van der Waals surface area (Å²) in [6.07, 6.45) is -4.14. The predicted molar refractivity (Wildman–Crippen MR) is 135 cm³/mol. The van der Waals surface area contributed by atoms with E-state index in [9.17, 15) is 19.6 Å². The molecular weight excluding hydrogens is 541 g/mol. The smallest absolute Gasteiger partial charge is 0.387 e. The topological polar surface area (TPSA) is 197 Å². The lowest BCUT2D eigenvalue weighted by atomic mass is 10.0. The van der Waals surface area contributed by atoms with Gasteiger partial charge in [0, 0.05) is 10.6 Å². The van der Waals surface area contributed by atoms with E-state index in [0.29, 0.717) is 5.02 Å². The molecule has 7 N–H and O–H groups in total. The monoisotopic (exact) mass is 564 g/mol. The van der Waals surface area contributed by atoms with Crippen molar-refractivity contribution in [1.82, 2.24) is 14.5 Å². The Hall–Kier alpha value is -3.13. The number of hydrogen-bond acceptors (Lipinski definition) is 8. The van der Waals surface area contributed by atoms with Crippen LogP contribution >= 0.6 is 19.4 Å². The first-order valence-corrected chi connectivity index (χ1v) is 13.3. The molecule has 2 aromatic carbocycles. The van der Waals surface area contributed by atoms with Crippen molar-refractivity contribution < 1.29 is 38.4 Å². The molecule has 0 aliphatic carbocycles. The average molecular weight is 565 g/mol. The summed E-state index contributed by atoms with van der Waals surface area (Å²) in [6, 6.07) is 15.1. The predicted octanol–water partition coefficient (Wildman–Crippen LogP) is 0.691. The van der Waals surface area contributed by atoms with Gasteiger partial charge < -0.3 is 30.5 Å². The maximum absolute atomic E-state index is 12.9. The molecule has 5 rings (SSSR count). The SMILES string of the molecule is Nc1nc2c(c(=O)[nH]1)n(Cc1ccc(-c3ccccc3)c(Cl)c1)c[n+]2[C@H]1O[C@@H](COP(=O)(O)O)[C@H](O)[C@@H]1O. The van der Waals surface area contributed by atoms with Gasteiger partial charge in [0.15, 0.2) is 6.33 Å². The van der Waals surface area contributed by atoms with Crippen LogP contribution in [0.1, 0.15) is 11.8 Å². The largest absolute Gasteiger partial charge is 0.469 e. The highest BCUT2D eigenvalue weighted by Gasteiger charge is 2.47. The number of fused-ring (bicyclic) bond motifs is 1. The minimum Gasteiger partial charge on any atom is -0.387 e. The second-order valence-electron chi connectivity index (χ2n) is 8.79. The summed E-state index contributed by atoms with van der Waals surface area (Å²) in [5.74, 6) is -0.182. The van der Waals surface area contributed by atoms with Crippen molar-refractivity contribution in [3.05, 3.63) is 75.8 Å². The molecule has 4 atom stereocenters. The number of H-pyrrole nitrogens is 1. The third-order valence-corrected chi connectivity index (χ3v) is 6.98. The van der Waals surface area contributed by atoms with Crippen LogP contribution in [0.4, 0.5) is 5.95 Å². The van der Waals surface area contributed by atoms with Crippen molar-refractivity contribution in [2.24, 2.45) is 0 Å². The van der Waals surface area contributed by atoms with Gasteiger partial charge in [0.1, 0.15) is 18.3 Å². The molecule has 0 amide bonds. The first-order chi connectivity index (χ1) is 18.0. The molecule has 3 heterocycles. The summed E-state index contributed by atoms with van der Waals surface area (Å²) in [7, 11) is -4.84. The average Bonchev–Trinajstić information content (AvgIpc) is 3.34. The second-order valence-corrected chi connectivity index (χ2v) is 10.4. The first kappa shape index (κ1) is 26.5. The number of aliphatic hydroxyl groups excluding tert-OH is 2. The van der Waals surface area contributed by atoms with E-state index in [2.05, 4.69) is 14.5 Å². The number of nitrogen functional groups attached to an aromatic ring is 1. The van der Waals surface area contributed by atoms with E-state index in [4.69, 9.17) is 31.9 Å². The van der Waals surface area contributed by atoms with Gasteiger partial charge in [0.2, 0.25) is 11.7 Å². The molecule has 38 heavy (non-hydrogen) atoms. The lowest BCUT2D eigenvalue weighted by Crippen LogP contribution is -2.46. The Kier molecular flexibility index (Phi) is 7.11. The van der Waals surface area contributed by atoms with Crippen LogP contribution in [0.2, 0.25) is 5.02 Å². The number of nitrogens with one attached hydrogen (secondary N) is 1. The van der Waals surface area contributed by atoms with E-state index in [1.807, 2.05) is 42.5 Å². The van der Waals surface area contributed by atoms with Gasteiger partial charge in [-0.1, -0.05) is 59.0 Å². The van der Waals surface area contributed by atoms with Crippen LogP contribution in [-0.4, -0.2) is 59.5 Å². The first-order valence-electron chi connectivity index (χ1n) is 11.4. The fourth-order valence-corrected chi connectivity index (χ4v) is 5.11. The minimum atomic E-state index is -4.84. The van der Waals surface area contributed by atoms with E-state index < -0.39 is 44.5 Å². The minimum absolute atomic E-state index is 0.0612. The van der Waals surface area contributed by atoms with Crippen LogP contribution in [0.5, 0.6) is 0 Å². The van der Waals surface area contributed by atoms with Gasteiger partial charge >= 0.3 is 13.5 Å². The Morgan fingerprint density at radius 2 is 1.92 bits per heavy atom. The zero-order chi connectivity index (χ0) is 27.2. The van der Waals surface area contributed by atoms with Crippen LogP contribution in [0.3, 0.4) is 0 Å². The summed E-state index contributed by atoms with van der Waals surface area (Å²) < 4.78 is 24.1. The fraction of sp³-hybridized carbons (Fsp3) is 0.261. The molecule has 0 spiro atoms. The normalized spacial score (nSPS) is 21.8. The van der Waals surface area contributed by atoms with Gasteiger partial charge in [-0.3, -0.25) is 18.9 Å². The molecular formula is C23H24ClN5O8P+. The van der Waals surface area contributed by atoms with Gasteiger partial charge in [-0.2, -0.15) is 0 Å². The molecule has 1 aliphatic heterocycles. The number of aromatic nitrogens is 4. The quantitative estimate of drug-likeness (QED) is 0.137. The van der Waals surface area contributed by atoms with Crippen LogP contribution in [0.15, 0.2) is 59.7 Å². The Morgan fingerprint density at radius 3 is 2.61 bits per heavy atom. The Morgan fingerprint density at radius 1 is 1.18 bits per heavy atom. The molecule has 15 heteroatoms. The number of phosphoric acid groups is 1. The molecule has 0 radical (unpaired) electrons. The van der Waals surface area contributed by atoms with Crippen LogP contribution < -0.4 is 15.9 Å². The number of anilines is 1. The molecule has 1 aliphatic rings. The number of phosphoric ester groups is 1. The van der Waals surface area contributed by atoms with E-state index in [0.717, 1.165) is 16.7 Å². The molecule has 2 aromatic heterocycles. The van der Waals surface area contributed by atoms with Crippen molar-refractivity contribution in [2.75, 3.05) is 12.3 Å². The molecule has 4 aromatic rings. The molecule has 0 unspecified atom stereocenters. The number of nitrogens with two attached hydrogens (primary N) is 1. The highest BCUT2D eigenvalue weighted by atomic mass is 35.5.